The number of hydrogen-bond donors (Lipinski definition) is 2. The van der Waals surface area contributed by atoms with E-state index < -0.39 is 11.9 Å². The van der Waals surface area contributed by atoms with Crippen molar-refractivity contribution in [1.82, 2.24) is 14.4 Å². The Kier molecular flexibility index (Phi) is 9.10. The van der Waals surface area contributed by atoms with E-state index in [0.29, 0.717) is 44.0 Å². The molecule has 37 heavy (non-hydrogen) atoms. The fourth-order valence-corrected chi connectivity index (χ4v) is 5.63. The van der Waals surface area contributed by atoms with Crippen molar-refractivity contribution in [3.05, 3.63) is 47.8 Å². The van der Waals surface area contributed by atoms with Gasteiger partial charge in [-0.15, -0.1) is 0 Å². The molecule has 1 fully saturated rings. The lowest BCUT2D eigenvalue weighted by atomic mass is 9.83. The number of carbonyl (C=O) groups is 2. The van der Waals surface area contributed by atoms with Crippen molar-refractivity contribution in [3.8, 4) is 11.5 Å². The van der Waals surface area contributed by atoms with Gasteiger partial charge in [0.1, 0.15) is 0 Å². The summed E-state index contributed by atoms with van der Waals surface area (Å²) in [5, 5.41) is 19.7. The summed E-state index contributed by atoms with van der Waals surface area (Å²) < 4.78 is 13.1. The monoisotopic (exact) mass is 513 g/mol. The molecule has 2 aromatic rings. The maximum Gasteiger partial charge on any atom is 0.308 e. The van der Waals surface area contributed by atoms with Crippen molar-refractivity contribution < 1.29 is 29.3 Å². The molecule has 0 bridgehead atoms. The summed E-state index contributed by atoms with van der Waals surface area (Å²) in [7, 11) is 1.99. The number of aliphatic hydroxyl groups is 1. The zero-order chi connectivity index (χ0) is 26.4. The van der Waals surface area contributed by atoms with E-state index in [1.807, 2.05) is 42.4 Å². The summed E-state index contributed by atoms with van der Waals surface area (Å²) in [6.07, 6.45) is 5.74. The lowest BCUT2D eigenvalue weighted by Crippen LogP contribution is -2.45. The minimum atomic E-state index is -0.849. The second-order valence-electron chi connectivity index (χ2n) is 10.0. The largest absolute Gasteiger partial charge is 0.481 e. The second kappa shape index (κ2) is 12.5. The van der Waals surface area contributed by atoms with E-state index in [2.05, 4.69) is 22.5 Å². The van der Waals surface area contributed by atoms with Crippen LogP contribution < -0.4 is 9.47 Å². The summed E-state index contributed by atoms with van der Waals surface area (Å²) in [4.78, 5) is 30.0. The van der Waals surface area contributed by atoms with Crippen LogP contribution in [-0.2, 0) is 23.1 Å². The van der Waals surface area contributed by atoms with Gasteiger partial charge in [0, 0.05) is 57.1 Å². The molecule has 0 aliphatic carbocycles. The van der Waals surface area contributed by atoms with Crippen LogP contribution in [-0.4, -0.2) is 82.1 Å². The van der Waals surface area contributed by atoms with Gasteiger partial charge in [0.15, 0.2) is 11.5 Å². The van der Waals surface area contributed by atoms with Gasteiger partial charge in [-0.2, -0.15) is 0 Å². The number of rotatable bonds is 13. The predicted molar refractivity (Wildman–Crippen MR) is 139 cm³/mol. The Morgan fingerprint density at radius 2 is 1.92 bits per heavy atom. The number of aliphatic hydroxyl groups excluding tert-OH is 1. The lowest BCUT2D eigenvalue weighted by Gasteiger charge is -2.29. The van der Waals surface area contributed by atoms with Crippen LogP contribution in [0, 0.1) is 5.92 Å². The van der Waals surface area contributed by atoms with E-state index in [0.717, 1.165) is 30.5 Å². The molecule has 3 atom stereocenters. The van der Waals surface area contributed by atoms with E-state index >= 15 is 0 Å². The molecule has 1 aromatic carbocycles. The predicted octanol–water partition coefficient (Wildman–Crippen LogP) is 2.87. The molecule has 1 aromatic heterocycles. The number of carbonyl (C=O) groups excluding carboxylic acids is 1. The zero-order valence-corrected chi connectivity index (χ0v) is 21.8. The number of carboxylic acid groups (broad SMARTS) is 1. The molecule has 3 heterocycles. The number of unbranched alkanes of at least 4 members (excludes halogenated alkanes) is 1. The summed E-state index contributed by atoms with van der Waals surface area (Å²) in [6.45, 7) is 4.07. The number of fused-ring (bicyclic) bond motifs is 1. The van der Waals surface area contributed by atoms with Gasteiger partial charge < -0.3 is 29.2 Å². The molecule has 9 heteroatoms. The van der Waals surface area contributed by atoms with Crippen molar-refractivity contribution in [3.63, 3.8) is 0 Å². The molecule has 1 amide bonds. The average Bonchev–Trinajstić information content (AvgIpc) is 3.60. The van der Waals surface area contributed by atoms with Crippen LogP contribution in [0.1, 0.15) is 49.8 Å². The van der Waals surface area contributed by atoms with E-state index in [4.69, 9.17) is 9.47 Å². The van der Waals surface area contributed by atoms with Crippen molar-refractivity contribution in [2.75, 3.05) is 39.6 Å². The first kappa shape index (κ1) is 27.0. The maximum absolute atomic E-state index is 13.4. The zero-order valence-electron chi connectivity index (χ0n) is 21.8. The molecule has 0 spiro atoms. The number of ether oxygens (including phenoxy) is 2. The quantitative estimate of drug-likeness (QED) is 0.424. The van der Waals surface area contributed by atoms with Crippen LogP contribution in [0.15, 0.2) is 36.5 Å². The van der Waals surface area contributed by atoms with Gasteiger partial charge in [0.2, 0.25) is 12.7 Å². The Balaban J connectivity index is 1.59. The maximum atomic E-state index is 13.4. The van der Waals surface area contributed by atoms with E-state index in [-0.39, 0.29) is 37.8 Å². The first-order valence-electron chi connectivity index (χ1n) is 13.3. The highest BCUT2D eigenvalue weighted by molar-refractivity contribution is 5.79. The fraction of sp³-hybridized carbons (Fsp3) is 0.571. The molecule has 0 saturated carbocycles. The minimum absolute atomic E-state index is 0.0127. The Morgan fingerprint density at radius 1 is 1.14 bits per heavy atom. The molecular weight excluding hydrogens is 474 g/mol. The van der Waals surface area contributed by atoms with Gasteiger partial charge in [0.25, 0.3) is 0 Å². The molecule has 202 valence electrons. The van der Waals surface area contributed by atoms with Crippen LogP contribution in [0.4, 0.5) is 0 Å². The molecule has 9 nitrogen and oxygen atoms in total. The van der Waals surface area contributed by atoms with E-state index in [9.17, 15) is 19.8 Å². The van der Waals surface area contributed by atoms with Crippen molar-refractivity contribution in [2.24, 2.45) is 13.0 Å². The minimum Gasteiger partial charge on any atom is -0.481 e. The Morgan fingerprint density at radius 3 is 2.62 bits per heavy atom. The third-order valence-electron chi connectivity index (χ3n) is 7.66. The van der Waals surface area contributed by atoms with Crippen LogP contribution in [0.25, 0.3) is 0 Å². The number of amides is 1. The van der Waals surface area contributed by atoms with Crippen molar-refractivity contribution in [2.45, 2.75) is 51.0 Å². The number of aromatic nitrogens is 1. The first-order valence-corrected chi connectivity index (χ1v) is 13.3. The number of carboxylic acids is 1. The summed E-state index contributed by atoms with van der Waals surface area (Å²) in [5.74, 6) is -0.504. The van der Waals surface area contributed by atoms with Crippen molar-refractivity contribution in [1.29, 1.82) is 0 Å². The van der Waals surface area contributed by atoms with Crippen LogP contribution in [0.2, 0.25) is 0 Å². The summed E-state index contributed by atoms with van der Waals surface area (Å²) in [5.41, 5.74) is 2.02. The van der Waals surface area contributed by atoms with Gasteiger partial charge >= 0.3 is 5.97 Å². The molecule has 2 N–H and O–H groups in total. The number of hydrogen-bond acceptors (Lipinski definition) is 6. The Hall–Kier alpha value is -3.04. The van der Waals surface area contributed by atoms with Gasteiger partial charge in [-0.05, 0) is 55.5 Å². The highest BCUT2D eigenvalue weighted by Crippen LogP contribution is 2.43. The Labute approximate surface area is 218 Å². The number of benzene rings is 1. The van der Waals surface area contributed by atoms with Crippen LogP contribution >= 0.6 is 0 Å². The number of nitrogens with zero attached hydrogens (tertiary/aromatic N) is 3. The van der Waals surface area contributed by atoms with Gasteiger partial charge in [-0.1, -0.05) is 19.4 Å². The smallest absolute Gasteiger partial charge is 0.308 e. The van der Waals surface area contributed by atoms with Crippen LogP contribution in [0.5, 0.6) is 11.5 Å². The molecule has 3 unspecified atom stereocenters. The van der Waals surface area contributed by atoms with Crippen LogP contribution in [0.3, 0.4) is 0 Å². The normalized spacial score (nSPS) is 20.9. The molecular formula is C28H39N3O6. The highest BCUT2D eigenvalue weighted by Gasteiger charge is 2.47. The van der Waals surface area contributed by atoms with E-state index in [1.165, 1.54) is 0 Å². The molecule has 2 aliphatic heterocycles. The second-order valence-corrected chi connectivity index (χ2v) is 10.0. The third-order valence-corrected chi connectivity index (χ3v) is 7.66. The summed E-state index contributed by atoms with van der Waals surface area (Å²) >= 11 is 0. The first-order chi connectivity index (χ1) is 17.9. The summed E-state index contributed by atoms with van der Waals surface area (Å²) in [6, 6.07) is 9.39. The lowest BCUT2D eigenvalue weighted by molar-refractivity contribution is -0.143. The van der Waals surface area contributed by atoms with Gasteiger partial charge in [-0.25, -0.2) is 0 Å². The molecule has 1 saturated heterocycles. The van der Waals surface area contributed by atoms with Crippen molar-refractivity contribution >= 4 is 11.9 Å². The highest BCUT2D eigenvalue weighted by atomic mass is 16.7. The number of likely N-dealkylation sites (tertiary alicyclic amines) is 1. The SMILES string of the molecule is CCCCN(CCCO)C(=O)CN1CC(c2ccc3c(c2)OCO3)C(C(=O)O)C1CCc1cccn1C. The molecule has 4 rings (SSSR count). The third kappa shape index (κ3) is 6.27. The number of aliphatic carboxylic acids is 1. The Bertz CT molecular complexity index is 1060. The molecule has 2 aliphatic rings. The van der Waals surface area contributed by atoms with Gasteiger partial charge in [-0.3, -0.25) is 14.5 Å². The van der Waals surface area contributed by atoms with E-state index in [1.54, 1.807) is 0 Å². The molecule has 0 radical (unpaired) electrons. The average molecular weight is 514 g/mol. The number of aryl methyl sites for hydroxylation is 2. The fourth-order valence-electron chi connectivity index (χ4n) is 5.63. The van der Waals surface area contributed by atoms with Gasteiger partial charge in [0.05, 0.1) is 12.5 Å². The topological polar surface area (TPSA) is 104 Å². The standard InChI is InChI=1S/C28H39N3O6/c1-3-4-13-30(14-6-15-32)26(33)18-31-17-22(20-8-11-24-25(16-20)37-19-36-24)27(28(34)35)23(31)10-9-21-7-5-12-29(21)2/h5,7-8,11-12,16,22-23,27,32H,3-4,6,9-10,13-15,17-19H2,1-2H3,(H,34,35).